The number of hydrogen-bond acceptors (Lipinski definition) is 1. The second-order valence-electron chi connectivity index (χ2n) is 11.7. The molecule has 29 heavy (non-hydrogen) atoms. The van der Waals surface area contributed by atoms with E-state index < -0.39 is 0 Å². The highest BCUT2D eigenvalue weighted by Gasteiger charge is 2.55. The van der Waals surface area contributed by atoms with Crippen LogP contribution < -0.4 is 0 Å². The number of fused-ring (bicyclic) bond motifs is 2. The number of aryl methyl sites for hydroxylation is 2. The number of benzene rings is 1. The van der Waals surface area contributed by atoms with E-state index >= 15 is 0 Å². The van der Waals surface area contributed by atoms with Gasteiger partial charge in [-0.05, 0) is 75.0 Å². The van der Waals surface area contributed by atoms with Crippen molar-refractivity contribution in [2.24, 2.45) is 17.3 Å². The van der Waals surface area contributed by atoms with Crippen molar-refractivity contribution in [2.45, 2.75) is 92.0 Å². The van der Waals surface area contributed by atoms with Crippen LogP contribution in [0.15, 0.2) is 41.6 Å². The predicted molar refractivity (Wildman–Crippen MR) is 125 cm³/mol. The van der Waals surface area contributed by atoms with Crippen molar-refractivity contribution in [3.05, 3.63) is 58.3 Å². The Morgan fingerprint density at radius 2 is 1.76 bits per heavy atom. The highest BCUT2D eigenvalue weighted by Crippen LogP contribution is 2.57. The van der Waals surface area contributed by atoms with E-state index in [1.807, 2.05) is 0 Å². The van der Waals surface area contributed by atoms with E-state index in [2.05, 4.69) is 90.6 Å². The molecule has 0 bridgehead atoms. The van der Waals surface area contributed by atoms with Crippen molar-refractivity contribution in [3.63, 3.8) is 0 Å². The molecular weight excluding hydrogens is 350 g/mol. The van der Waals surface area contributed by atoms with Crippen LogP contribution >= 0.6 is 0 Å². The zero-order valence-corrected chi connectivity index (χ0v) is 20.0. The lowest BCUT2D eigenvalue weighted by atomic mass is 9.68. The van der Waals surface area contributed by atoms with Gasteiger partial charge in [-0.1, -0.05) is 70.5 Å². The second-order valence-corrected chi connectivity index (χ2v) is 11.7. The van der Waals surface area contributed by atoms with Crippen molar-refractivity contribution in [3.8, 4) is 0 Å². The molecule has 1 saturated heterocycles. The van der Waals surface area contributed by atoms with Gasteiger partial charge in [0.05, 0.1) is 0 Å². The van der Waals surface area contributed by atoms with Crippen molar-refractivity contribution >= 4 is 0 Å². The van der Waals surface area contributed by atoms with Gasteiger partial charge in [0.25, 0.3) is 0 Å². The lowest BCUT2D eigenvalue weighted by molar-refractivity contribution is 0.131. The Morgan fingerprint density at radius 1 is 1.03 bits per heavy atom. The van der Waals surface area contributed by atoms with Gasteiger partial charge in [0.1, 0.15) is 0 Å². The summed E-state index contributed by atoms with van der Waals surface area (Å²) in [7, 11) is 0. The van der Waals surface area contributed by atoms with Crippen LogP contribution in [0.5, 0.6) is 0 Å². The summed E-state index contributed by atoms with van der Waals surface area (Å²) in [6.45, 7) is 20.5. The minimum absolute atomic E-state index is 0.183. The number of likely N-dealkylation sites (tertiary alicyclic amines) is 1. The van der Waals surface area contributed by atoms with E-state index in [0.717, 1.165) is 6.42 Å². The Morgan fingerprint density at radius 3 is 2.41 bits per heavy atom. The van der Waals surface area contributed by atoms with Gasteiger partial charge in [-0.2, -0.15) is 0 Å². The second kappa shape index (κ2) is 6.76. The van der Waals surface area contributed by atoms with Crippen LogP contribution in [0.4, 0.5) is 0 Å². The van der Waals surface area contributed by atoms with E-state index in [-0.39, 0.29) is 11.0 Å². The molecular formula is C28H41N. The monoisotopic (exact) mass is 391 g/mol. The summed E-state index contributed by atoms with van der Waals surface area (Å²) in [6.07, 6.45) is 9.86. The maximum Gasteiger partial charge on any atom is 0.0352 e. The molecule has 1 nitrogen and oxygen atoms in total. The first-order chi connectivity index (χ1) is 13.5. The molecule has 1 spiro atoms. The molecule has 0 radical (unpaired) electrons. The van der Waals surface area contributed by atoms with Crippen molar-refractivity contribution in [1.82, 2.24) is 4.90 Å². The maximum atomic E-state index is 2.86. The number of nitrogens with zero attached hydrogens (tertiary/aromatic N) is 1. The van der Waals surface area contributed by atoms with E-state index in [9.17, 15) is 0 Å². The molecule has 158 valence electrons. The molecule has 0 aromatic heterocycles. The molecule has 2 atom stereocenters. The SMILES string of the molecule is Cc1ccc2c(c1)C1(CC2)CN(C2=C(C(C)C)C=CCC2(C)C(C)C)C(C)(C)C1. The minimum atomic E-state index is 0.183. The van der Waals surface area contributed by atoms with Crippen molar-refractivity contribution in [1.29, 1.82) is 0 Å². The Labute approximate surface area is 179 Å². The third kappa shape index (κ3) is 3.11. The molecule has 4 rings (SSSR count). The van der Waals surface area contributed by atoms with Crippen LogP contribution in [0.2, 0.25) is 0 Å². The van der Waals surface area contributed by atoms with E-state index in [1.165, 1.54) is 31.4 Å². The van der Waals surface area contributed by atoms with E-state index in [1.54, 1.807) is 22.4 Å². The van der Waals surface area contributed by atoms with Gasteiger partial charge in [-0.15, -0.1) is 0 Å². The average Bonchev–Trinajstić information content (AvgIpc) is 3.10. The molecule has 0 saturated carbocycles. The summed E-state index contributed by atoms with van der Waals surface area (Å²) in [5.74, 6) is 1.19. The van der Waals surface area contributed by atoms with Crippen LogP contribution in [0.3, 0.4) is 0 Å². The normalized spacial score (nSPS) is 30.9. The minimum Gasteiger partial charge on any atom is -0.368 e. The molecule has 1 heterocycles. The van der Waals surface area contributed by atoms with Crippen LogP contribution in [-0.4, -0.2) is 17.0 Å². The fourth-order valence-corrected chi connectivity index (χ4v) is 6.51. The molecule has 2 aliphatic carbocycles. The van der Waals surface area contributed by atoms with Gasteiger partial charge in [-0.25, -0.2) is 0 Å². The third-order valence-corrected chi connectivity index (χ3v) is 8.49. The van der Waals surface area contributed by atoms with Crippen LogP contribution in [-0.2, 0) is 11.8 Å². The Kier molecular flexibility index (Phi) is 4.84. The molecule has 1 aromatic carbocycles. The third-order valence-electron chi connectivity index (χ3n) is 8.49. The highest BCUT2D eigenvalue weighted by molar-refractivity contribution is 5.46. The number of allylic oxidation sites excluding steroid dienone is 4. The largest absolute Gasteiger partial charge is 0.368 e. The van der Waals surface area contributed by atoms with E-state index in [4.69, 9.17) is 0 Å². The predicted octanol–water partition coefficient (Wildman–Crippen LogP) is 7.20. The average molecular weight is 392 g/mol. The zero-order chi connectivity index (χ0) is 21.2. The highest BCUT2D eigenvalue weighted by atomic mass is 15.3. The molecule has 2 unspecified atom stereocenters. The van der Waals surface area contributed by atoms with Crippen molar-refractivity contribution < 1.29 is 0 Å². The standard InChI is InChI=1S/C28H41N/c1-19(2)23-10-9-14-27(8,20(3)4)25(23)29-18-28(17-26(29,6)7)15-13-22-12-11-21(5)16-24(22)28/h9-12,16,19-20H,13-15,17-18H2,1-8H3. The molecule has 3 aliphatic rings. The summed E-state index contributed by atoms with van der Waals surface area (Å²) >= 11 is 0. The smallest absolute Gasteiger partial charge is 0.0352 e. The summed E-state index contributed by atoms with van der Waals surface area (Å²) in [4.78, 5) is 2.86. The van der Waals surface area contributed by atoms with Gasteiger partial charge >= 0.3 is 0 Å². The van der Waals surface area contributed by atoms with Crippen LogP contribution in [0.25, 0.3) is 0 Å². The lowest BCUT2D eigenvalue weighted by Crippen LogP contribution is -2.46. The molecule has 1 heteroatoms. The first-order valence-electron chi connectivity index (χ1n) is 11.8. The first-order valence-corrected chi connectivity index (χ1v) is 11.8. The Balaban J connectivity index is 1.85. The molecule has 1 aromatic rings. The molecule has 1 aliphatic heterocycles. The quantitative estimate of drug-likeness (QED) is 0.527. The first kappa shape index (κ1) is 20.8. The maximum absolute atomic E-state index is 2.86. The van der Waals surface area contributed by atoms with Crippen LogP contribution in [0, 0.1) is 24.2 Å². The van der Waals surface area contributed by atoms with Gasteiger partial charge in [0, 0.05) is 28.6 Å². The van der Waals surface area contributed by atoms with E-state index in [0.29, 0.717) is 17.3 Å². The molecule has 1 fully saturated rings. The van der Waals surface area contributed by atoms with Gasteiger partial charge in [0.2, 0.25) is 0 Å². The Bertz CT molecular complexity index is 868. The fraction of sp³-hybridized carbons (Fsp3) is 0.643. The summed E-state index contributed by atoms with van der Waals surface area (Å²) in [5, 5.41) is 0. The number of hydrogen-bond donors (Lipinski definition) is 0. The summed E-state index contributed by atoms with van der Waals surface area (Å²) < 4.78 is 0. The van der Waals surface area contributed by atoms with Crippen molar-refractivity contribution in [2.75, 3.05) is 6.54 Å². The zero-order valence-electron chi connectivity index (χ0n) is 20.0. The topological polar surface area (TPSA) is 3.24 Å². The number of rotatable bonds is 3. The Hall–Kier alpha value is -1.50. The molecule has 0 N–H and O–H groups in total. The lowest BCUT2D eigenvalue weighted by Gasteiger charge is -2.49. The van der Waals surface area contributed by atoms with Gasteiger partial charge in [0.15, 0.2) is 0 Å². The van der Waals surface area contributed by atoms with Crippen LogP contribution in [0.1, 0.15) is 84.4 Å². The molecule has 0 amide bonds. The summed E-state index contributed by atoms with van der Waals surface area (Å²) in [6, 6.07) is 7.20. The fourth-order valence-electron chi connectivity index (χ4n) is 6.51. The van der Waals surface area contributed by atoms with Gasteiger partial charge in [-0.3, -0.25) is 0 Å². The van der Waals surface area contributed by atoms with Gasteiger partial charge < -0.3 is 4.90 Å². The summed E-state index contributed by atoms with van der Waals surface area (Å²) in [5.41, 5.74) is 8.59.